The molecule has 0 saturated heterocycles. The first-order chi connectivity index (χ1) is 8.79. The van der Waals surface area contributed by atoms with Crippen LogP contribution in [0.5, 0.6) is 5.75 Å². The molecule has 6 heteroatoms. The molecule has 0 spiro atoms. The molecule has 1 aromatic rings. The molecule has 0 aliphatic rings. The third-order valence-corrected chi connectivity index (χ3v) is 3.33. The van der Waals surface area contributed by atoms with Gasteiger partial charge < -0.3 is 9.47 Å². The highest BCUT2D eigenvalue weighted by Gasteiger charge is 2.05. The van der Waals surface area contributed by atoms with Crippen LogP contribution in [0.25, 0.3) is 0 Å². The van der Waals surface area contributed by atoms with Crippen molar-refractivity contribution in [1.29, 1.82) is 0 Å². The SMILES string of the molecule is Cc1cc(C)c(OCCOCCS(N)(=O)=O)c(C)c1. The molecular weight excluding hydrogens is 266 g/mol. The van der Waals surface area contributed by atoms with Crippen LogP contribution in [0.3, 0.4) is 0 Å². The third-order valence-electron chi connectivity index (χ3n) is 2.59. The van der Waals surface area contributed by atoms with E-state index in [2.05, 4.69) is 12.1 Å². The van der Waals surface area contributed by atoms with Gasteiger partial charge in [-0.3, -0.25) is 0 Å². The van der Waals surface area contributed by atoms with E-state index in [-0.39, 0.29) is 12.4 Å². The van der Waals surface area contributed by atoms with Gasteiger partial charge in [0, 0.05) is 0 Å². The summed E-state index contributed by atoms with van der Waals surface area (Å²) in [5.74, 6) is 0.691. The summed E-state index contributed by atoms with van der Waals surface area (Å²) < 4.78 is 32.1. The Morgan fingerprint density at radius 1 is 1.05 bits per heavy atom. The lowest BCUT2D eigenvalue weighted by atomic mass is 10.1. The van der Waals surface area contributed by atoms with Crippen molar-refractivity contribution in [2.45, 2.75) is 20.8 Å². The summed E-state index contributed by atoms with van der Waals surface area (Å²) in [5.41, 5.74) is 3.37. The van der Waals surface area contributed by atoms with Gasteiger partial charge in [-0.05, 0) is 31.9 Å². The van der Waals surface area contributed by atoms with Crippen LogP contribution in [-0.4, -0.2) is 34.0 Å². The van der Waals surface area contributed by atoms with E-state index in [1.807, 2.05) is 20.8 Å². The summed E-state index contributed by atoms with van der Waals surface area (Å²) in [5, 5.41) is 4.86. The van der Waals surface area contributed by atoms with Crippen molar-refractivity contribution < 1.29 is 17.9 Å². The number of sulfonamides is 1. The topological polar surface area (TPSA) is 78.6 Å². The van der Waals surface area contributed by atoms with Gasteiger partial charge in [-0.25, -0.2) is 13.6 Å². The fourth-order valence-electron chi connectivity index (χ4n) is 1.87. The van der Waals surface area contributed by atoms with Crippen molar-refractivity contribution >= 4 is 10.0 Å². The first-order valence-corrected chi connectivity index (χ1v) is 7.80. The first-order valence-electron chi connectivity index (χ1n) is 6.08. The zero-order valence-corrected chi connectivity index (χ0v) is 12.4. The van der Waals surface area contributed by atoms with Gasteiger partial charge in [0.05, 0.1) is 19.0 Å². The second-order valence-corrected chi connectivity index (χ2v) is 6.29. The average molecular weight is 287 g/mol. The molecule has 0 saturated carbocycles. The predicted octanol–water partition coefficient (Wildman–Crippen LogP) is 1.30. The van der Waals surface area contributed by atoms with Crippen molar-refractivity contribution in [3.63, 3.8) is 0 Å². The fourth-order valence-corrected chi connectivity index (χ4v) is 2.22. The van der Waals surface area contributed by atoms with E-state index in [1.54, 1.807) is 0 Å². The minimum Gasteiger partial charge on any atom is -0.491 e. The van der Waals surface area contributed by atoms with Gasteiger partial charge in [0.15, 0.2) is 0 Å². The first kappa shape index (κ1) is 15.9. The highest BCUT2D eigenvalue weighted by atomic mass is 32.2. The number of ether oxygens (including phenoxy) is 2. The highest BCUT2D eigenvalue weighted by molar-refractivity contribution is 7.89. The standard InChI is InChI=1S/C13H21NO4S/c1-10-8-11(2)13(12(3)9-10)18-5-4-17-6-7-19(14,15)16/h8-9H,4-7H2,1-3H3,(H2,14,15,16). The van der Waals surface area contributed by atoms with E-state index in [1.165, 1.54) is 5.56 Å². The van der Waals surface area contributed by atoms with Crippen LogP contribution in [0.15, 0.2) is 12.1 Å². The number of nitrogens with two attached hydrogens (primary N) is 1. The molecule has 19 heavy (non-hydrogen) atoms. The Labute approximate surface area is 114 Å². The molecule has 0 unspecified atom stereocenters. The van der Waals surface area contributed by atoms with Crippen LogP contribution in [0.1, 0.15) is 16.7 Å². The zero-order chi connectivity index (χ0) is 14.5. The van der Waals surface area contributed by atoms with Crippen LogP contribution in [0, 0.1) is 20.8 Å². The van der Waals surface area contributed by atoms with Crippen LogP contribution in [0.4, 0.5) is 0 Å². The summed E-state index contributed by atoms with van der Waals surface area (Å²) in [4.78, 5) is 0. The molecule has 0 atom stereocenters. The van der Waals surface area contributed by atoms with Gasteiger partial charge in [0.2, 0.25) is 10.0 Å². The van der Waals surface area contributed by atoms with E-state index < -0.39 is 10.0 Å². The Morgan fingerprint density at radius 2 is 1.63 bits per heavy atom. The summed E-state index contributed by atoms with van der Waals surface area (Å²) in [6.07, 6.45) is 0. The van der Waals surface area contributed by atoms with Gasteiger partial charge in [0.1, 0.15) is 12.4 Å². The summed E-state index contributed by atoms with van der Waals surface area (Å²) in [6, 6.07) is 4.12. The number of aryl methyl sites for hydroxylation is 3. The van der Waals surface area contributed by atoms with E-state index in [0.29, 0.717) is 13.2 Å². The fraction of sp³-hybridized carbons (Fsp3) is 0.538. The lowest BCUT2D eigenvalue weighted by Crippen LogP contribution is -2.21. The molecule has 2 N–H and O–H groups in total. The number of hydrogen-bond acceptors (Lipinski definition) is 4. The molecule has 0 aliphatic heterocycles. The molecule has 5 nitrogen and oxygen atoms in total. The molecule has 1 aromatic carbocycles. The van der Waals surface area contributed by atoms with Crippen molar-refractivity contribution in [1.82, 2.24) is 0 Å². The van der Waals surface area contributed by atoms with Crippen molar-refractivity contribution in [2.75, 3.05) is 25.6 Å². The lowest BCUT2D eigenvalue weighted by Gasteiger charge is -2.13. The minimum atomic E-state index is -3.45. The molecule has 108 valence electrons. The molecular formula is C13H21NO4S. The molecule has 0 heterocycles. The van der Waals surface area contributed by atoms with Crippen molar-refractivity contribution in [2.24, 2.45) is 5.14 Å². The Balaban J connectivity index is 2.34. The summed E-state index contributed by atoms with van der Waals surface area (Å²) in [6.45, 7) is 6.85. The largest absolute Gasteiger partial charge is 0.491 e. The van der Waals surface area contributed by atoms with Gasteiger partial charge in [-0.1, -0.05) is 17.7 Å². The number of benzene rings is 1. The second-order valence-electron chi connectivity index (χ2n) is 4.56. The minimum absolute atomic E-state index is 0.0913. The molecule has 0 radical (unpaired) electrons. The quantitative estimate of drug-likeness (QED) is 0.767. The third kappa shape index (κ3) is 6.04. The lowest BCUT2D eigenvalue weighted by molar-refractivity contribution is 0.111. The predicted molar refractivity (Wildman–Crippen MR) is 74.9 cm³/mol. The second kappa shape index (κ2) is 6.88. The maximum Gasteiger partial charge on any atom is 0.211 e. The molecule has 0 aliphatic carbocycles. The Kier molecular flexibility index (Phi) is 5.78. The van der Waals surface area contributed by atoms with Gasteiger partial charge in [-0.2, -0.15) is 0 Å². The Morgan fingerprint density at radius 3 is 2.16 bits per heavy atom. The molecule has 0 amide bonds. The van der Waals surface area contributed by atoms with Crippen LogP contribution < -0.4 is 9.88 Å². The molecule has 0 bridgehead atoms. The van der Waals surface area contributed by atoms with E-state index in [4.69, 9.17) is 14.6 Å². The molecule has 1 rings (SSSR count). The number of hydrogen-bond donors (Lipinski definition) is 1. The van der Waals surface area contributed by atoms with E-state index >= 15 is 0 Å². The molecule has 0 fully saturated rings. The van der Waals surface area contributed by atoms with Crippen LogP contribution >= 0.6 is 0 Å². The molecule has 0 aromatic heterocycles. The smallest absolute Gasteiger partial charge is 0.211 e. The Bertz CT molecular complexity index is 502. The Hall–Kier alpha value is -1.11. The normalized spacial score (nSPS) is 11.6. The van der Waals surface area contributed by atoms with Gasteiger partial charge in [-0.15, -0.1) is 0 Å². The summed E-state index contributed by atoms with van der Waals surface area (Å²) >= 11 is 0. The van der Waals surface area contributed by atoms with Crippen LogP contribution in [0.2, 0.25) is 0 Å². The van der Waals surface area contributed by atoms with Crippen LogP contribution in [-0.2, 0) is 14.8 Å². The maximum atomic E-state index is 10.7. The maximum absolute atomic E-state index is 10.7. The van der Waals surface area contributed by atoms with Crippen molar-refractivity contribution in [3.8, 4) is 5.75 Å². The summed E-state index contributed by atoms with van der Waals surface area (Å²) in [7, 11) is -3.45. The van der Waals surface area contributed by atoms with Crippen molar-refractivity contribution in [3.05, 3.63) is 28.8 Å². The van der Waals surface area contributed by atoms with Gasteiger partial charge >= 0.3 is 0 Å². The van der Waals surface area contributed by atoms with E-state index in [9.17, 15) is 8.42 Å². The zero-order valence-electron chi connectivity index (χ0n) is 11.6. The number of rotatable bonds is 7. The van der Waals surface area contributed by atoms with Gasteiger partial charge in [0.25, 0.3) is 0 Å². The average Bonchev–Trinajstić information content (AvgIpc) is 2.24. The van der Waals surface area contributed by atoms with E-state index in [0.717, 1.165) is 16.9 Å². The monoisotopic (exact) mass is 287 g/mol. The highest BCUT2D eigenvalue weighted by Crippen LogP contribution is 2.24. The number of primary sulfonamides is 1.